The highest BCUT2D eigenvalue weighted by atomic mass is 127. The molecule has 0 fully saturated rings. The van der Waals surface area contributed by atoms with E-state index in [1.54, 1.807) is 18.4 Å². The average molecular weight is 476 g/mol. The third-order valence-electron chi connectivity index (χ3n) is 3.58. The molecule has 6 nitrogen and oxygen atoms in total. The molecule has 0 saturated heterocycles. The van der Waals surface area contributed by atoms with Crippen molar-refractivity contribution in [3.8, 4) is 0 Å². The molecule has 2 aromatic rings. The van der Waals surface area contributed by atoms with E-state index in [1.807, 2.05) is 18.6 Å². The van der Waals surface area contributed by atoms with Gasteiger partial charge in [0.05, 0.1) is 11.6 Å². The first-order valence-corrected chi connectivity index (χ1v) is 9.32. The first kappa shape index (κ1) is 21.9. The summed E-state index contributed by atoms with van der Waals surface area (Å²) in [6, 6.07) is 0. The van der Waals surface area contributed by atoms with Crippen molar-refractivity contribution in [3.05, 3.63) is 34.3 Å². The summed E-state index contributed by atoms with van der Waals surface area (Å²) in [5.74, 6) is 2.42. The summed E-state index contributed by atoms with van der Waals surface area (Å²) in [6.07, 6.45) is 7.82. The molecule has 2 aromatic heterocycles. The van der Waals surface area contributed by atoms with Gasteiger partial charge in [-0.15, -0.1) is 35.3 Å². The minimum Gasteiger partial charge on any atom is -0.356 e. The van der Waals surface area contributed by atoms with Gasteiger partial charge in [-0.1, -0.05) is 20.8 Å². The minimum absolute atomic E-state index is 0. The van der Waals surface area contributed by atoms with Crippen molar-refractivity contribution in [2.45, 2.75) is 46.7 Å². The van der Waals surface area contributed by atoms with Crippen LogP contribution in [0.3, 0.4) is 0 Å². The van der Waals surface area contributed by atoms with Crippen LogP contribution in [0.5, 0.6) is 0 Å². The van der Waals surface area contributed by atoms with Crippen molar-refractivity contribution in [1.82, 2.24) is 25.2 Å². The highest BCUT2D eigenvalue weighted by molar-refractivity contribution is 14.0. The lowest BCUT2D eigenvalue weighted by molar-refractivity contribution is 0.503. The van der Waals surface area contributed by atoms with Gasteiger partial charge in [0.1, 0.15) is 5.82 Å². The molecule has 8 heteroatoms. The number of imidazole rings is 1. The summed E-state index contributed by atoms with van der Waals surface area (Å²) in [6.45, 7) is 9.03. The van der Waals surface area contributed by atoms with Gasteiger partial charge in [-0.25, -0.2) is 9.97 Å². The maximum atomic E-state index is 4.44. The molecule has 0 aliphatic rings. The van der Waals surface area contributed by atoms with Gasteiger partial charge in [0.2, 0.25) is 0 Å². The Bertz CT molecular complexity index is 649. The lowest BCUT2D eigenvalue weighted by Gasteiger charge is -2.13. The molecule has 0 spiro atoms. The Hall–Kier alpha value is -1.16. The number of nitrogens with one attached hydrogen (secondary N) is 2. The second-order valence-electron chi connectivity index (χ2n) is 6.07. The second-order valence-corrected chi connectivity index (χ2v) is 7.27. The Morgan fingerprint density at radius 3 is 2.76 bits per heavy atom. The molecule has 0 radical (unpaired) electrons. The van der Waals surface area contributed by atoms with Crippen molar-refractivity contribution in [3.63, 3.8) is 0 Å². The predicted molar refractivity (Wildman–Crippen MR) is 116 cm³/mol. The van der Waals surface area contributed by atoms with E-state index in [9.17, 15) is 0 Å². The van der Waals surface area contributed by atoms with Crippen LogP contribution >= 0.6 is 35.3 Å². The SMILES string of the molecule is CCc1cnc(CCNC(=NC)NCc2nccn2CC(C)C)s1.I. The fourth-order valence-corrected chi connectivity index (χ4v) is 3.23. The molecule has 0 bridgehead atoms. The minimum atomic E-state index is 0. The number of guanidine groups is 1. The van der Waals surface area contributed by atoms with Gasteiger partial charge in [-0.2, -0.15) is 0 Å². The van der Waals surface area contributed by atoms with Gasteiger partial charge in [-0.05, 0) is 12.3 Å². The number of aromatic nitrogens is 3. The Labute approximate surface area is 171 Å². The van der Waals surface area contributed by atoms with Crippen LogP contribution in [0.15, 0.2) is 23.6 Å². The molecular weight excluding hydrogens is 447 g/mol. The van der Waals surface area contributed by atoms with E-state index in [0.29, 0.717) is 12.5 Å². The first-order chi connectivity index (χ1) is 11.6. The lowest BCUT2D eigenvalue weighted by Crippen LogP contribution is -2.38. The largest absolute Gasteiger partial charge is 0.356 e. The van der Waals surface area contributed by atoms with Crippen molar-refractivity contribution < 1.29 is 0 Å². The van der Waals surface area contributed by atoms with Crippen LogP contribution in [0.25, 0.3) is 0 Å². The zero-order valence-corrected chi connectivity index (χ0v) is 18.6. The van der Waals surface area contributed by atoms with E-state index >= 15 is 0 Å². The van der Waals surface area contributed by atoms with E-state index in [-0.39, 0.29) is 24.0 Å². The molecule has 0 aliphatic heterocycles. The maximum Gasteiger partial charge on any atom is 0.191 e. The van der Waals surface area contributed by atoms with E-state index in [1.165, 1.54) is 9.88 Å². The van der Waals surface area contributed by atoms with Crippen molar-refractivity contribution in [2.75, 3.05) is 13.6 Å². The zero-order valence-electron chi connectivity index (χ0n) is 15.5. The normalized spacial score (nSPS) is 11.5. The van der Waals surface area contributed by atoms with Gasteiger partial charge in [0, 0.05) is 50.0 Å². The molecule has 25 heavy (non-hydrogen) atoms. The van der Waals surface area contributed by atoms with E-state index in [4.69, 9.17) is 0 Å². The Kier molecular flexibility index (Phi) is 10.0. The molecule has 0 aromatic carbocycles. The Balaban J connectivity index is 0.00000312. The number of halogens is 1. The summed E-state index contributed by atoms with van der Waals surface area (Å²) in [5.41, 5.74) is 0. The molecule has 0 aliphatic carbocycles. The third kappa shape index (κ3) is 7.31. The molecule has 140 valence electrons. The molecule has 0 amide bonds. The fourth-order valence-electron chi connectivity index (χ4n) is 2.37. The van der Waals surface area contributed by atoms with Crippen LogP contribution < -0.4 is 10.6 Å². The highest BCUT2D eigenvalue weighted by Gasteiger charge is 2.06. The summed E-state index contributed by atoms with van der Waals surface area (Å²) in [5, 5.41) is 7.83. The molecule has 0 saturated carbocycles. The smallest absolute Gasteiger partial charge is 0.191 e. The van der Waals surface area contributed by atoms with E-state index < -0.39 is 0 Å². The number of hydrogen-bond donors (Lipinski definition) is 2. The van der Waals surface area contributed by atoms with E-state index in [2.05, 4.69) is 50.9 Å². The van der Waals surface area contributed by atoms with Gasteiger partial charge in [-0.3, -0.25) is 4.99 Å². The van der Waals surface area contributed by atoms with Gasteiger partial charge in [0.25, 0.3) is 0 Å². The summed E-state index contributed by atoms with van der Waals surface area (Å²) in [7, 11) is 1.79. The molecule has 0 unspecified atom stereocenters. The average Bonchev–Trinajstić information content (AvgIpc) is 3.19. The standard InChI is InChI=1S/C17H28N6S.HI/c1-5-14-10-21-16(24-14)6-7-20-17(18-4)22-11-15-19-8-9-23(15)12-13(2)3;/h8-10,13H,5-7,11-12H2,1-4H3,(H2,18,20,22);1H. The summed E-state index contributed by atoms with van der Waals surface area (Å²) < 4.78 is 2.19. The molecule has 2 N–H and O–H groups in total. The van der Waals surface area contributed by atoms with Crippen LogP contribution in [0.1, 0.15) is 36.5 Å². The number of rotatable bonds is 8. The molecule has 0 atom stereocenters. The van der Waals surface area contributed by atoms with E-state index in [0.717, 1.165) is 37.7 Å². The maximum absolute atomic E-state index is 4.44. The molecule has 2 heterocycles. The number of thiazole rings is 1. The third-order valence-corrected chi connectivity index (χ3v) is 4.78. The van der Waals surface area contributed by atoms with Crippen LogP contribution in [0, 0.1) is 5.92 Å². The number of aryl methyl sites for hydroxylation is 1. The number of nitrogens with zero attached hydrogens (tertiary/aromatic N) is 4. The van der Waals surface area contributed by atoms with Crippen LogP contribution in [-0.2, 0) is 25.9 Å². The zero-order chi connectivity index (χ0) is 17.4. The van der Waals surface area contributed by atoms with Crippen molar-refractivity contribution in [1.29, 1.82) is 0 Å². The topological polar surface area (TPSA) is 67.1 Å². The highest BCUT2D eigenvalue weighted by Crippen LogP contribution is 2.13. The molecule has 2 rings (SSSR count). The van der Waals surface area contributed by atoms with Gasteiger partial charge >= 0.3 is 0 Å². The Morgan fingerprint density at radius 2 is 2.12 bits per heavy atom. The predicted octanol–water partition coefficient (Wildman–Crippen LogP) is 3.08. The fraction of sp³-hybridized carbons (Fsp3) is 0.588. The van der Waals surface area contributed by atoms with Crippen molar-refractivity contribution >= 4 is 41.3 Å². The first-order valence-electron chi connectivity index (χ1n) is 8.50. The van der Waals surface area contributed by atoms with Gasteiger partial charge < -0.3 is 15.2 Å². The summed E-state index contributed by atoms with van der Waals surface area (Å²) >= 11 is 1.79. The number of aliphatic imine (C=N–C) groups is 1. The van der Waals surface area contributed by atoms with Crippen LogP contribution in [-0.4, -0.2) is 34.1 Å². The number of hydrogen-bond acceptors (Lipinski definition) is 4. The molecular formula is C17H29IN6S. The summed E-state index contributed by atoms with van der Waals surface area (Å²) in [4.78, 5) is 14.5. The van der Waals surface area contributed by atoms with Crippen LogP contribution in [0.2, 0.25) is 0 Å². The second kappa shape index (κ2) is 11.5. The van der Waals surface area contributed by atoms with Crippen molar-refractivity contribution in [2.24, 2.45) is 10.9 Å². The lowest BCUT2D eigenvalue weighted by atomic mass is 10.2. The Morgan fingerprint density at radius 1 is 1.32 bits per heavy atom. The van der Waals surface area contributed by atoms with Gasteiger partial charge in [0.15, 0.2) is 5.96 Å². The quantitative estimate of drug-likeness (QED) is 0.349. The monoisotopic (exact) mass is 476 g/mol. The van der Waals surface area contributed by atoms with Crippen LogP contribution in [0.4, 0.5) is 0 Å².